The molecule has 0 aliphatic carbocycles. The summed E-state index contributed by atoms with van der Waals surface area (Å²) in [6.45, 7) is 7.33. The summed E-state index contributed by atoms with van der Waals surface area (Å²) < 4.78 is 11.0. The molecule has 0 bridgehead atoms. The van der Waals surface area contributed by atoms with Gasteiger partial charge >= 0.3 is 0 Å². The molecule has 1 aliphatic heterocycles. The van der Waals surface area contributed by atoms with Crippen LogP contribution in [0.25, 0.3) is 0 Å². The number of hydrogen-bond acceptors (Lipinski definition) is 4. The molecule has 2 aromatic rings. The Balaban J connectivity index is 1.54. The maximum atomic E-state index is 12.5. The van der Waals surface area contributed by atoms with E-state index in [1.54, 1.807) is 0 Å². The lowest BCUT2D eigenvalue weighted by atomic mass is 10.1. The van der Waals surface area contributed by atoms with Gasteiger partial charge in [-0.3, -0.25) is 9.59 Å². The number of carbonyl (C=O) groups excluding carboxylic acids is 2. The second-order valence-corrected chi connectivity index (χ2v) is 6.65. The SMILES string of the molecule is Cc1ccc(CC(=O)N2CCN(C(=O)Cc3ccc(C)o3)[C@@H](C)C2)o1. The normalized spacial score (nSPS) is 17.8. The molecule has 3 rings (SSSR count). The van der Waals surface area contributed by atoms with Gasteiger partial charge in [0.05, 0.1) is 12.8 Å². The first kappa shape index (κ1) is 17.3. The Kier molecular flexibility index (Phi) is 4.97. The summed E-state index contributed by atoms with van der Waals surface area (Å²) >= 11 is 0. The van der Waals surface area contributed by atoms with Crippen molar-refractivity contribution in [2.45, 2.75) is 39.7 Å². The Morgan fingerprint density at radius 1 is 0.960 bits per heavy atom. The topological polar surface area (TPSA) is 66.9 Å². The third-order valence-electron chi connectivity index (χ3n) is 4.54. The second-order valence-electron chi connectivity index (χ2n) is 6.65. The molecule has 1 fully saturated rings. The molecule has 0 radical (unpaired) electrons. The van der Waals surface area contributed by atoms with Crippen LogP contribution in [0.1, 0.15) is 30.0 Å². The fraction of sp³-hybridized carbons (Fsp3) is 0.474. The highest BCUT2D eigenvalue weighted by Gasteiger charge is 2.30. The second kappa shape index (κ2) is 7.17. The summed E-state index contributed by atoms with van der Waals surface area (Å²) in [7, 11) is 0. The zero-order chi connectivity index (χ0) is 18.0. The standard InChI is InChI=1S/C19H24N2O4/c1-13-12-20(18(22)10-16-6-4-14(2)24-16)8-9-21(13)19(23)11-17-7-5-15(3)25-17/h4-7,13H,8-12H2,1-3H3/t13-/m0/s1. The van der Waals surface area contributed by atoms with E-state index in [9.17, 15) is 9.59 Å². The van der Waals surface area contributed by atoms with Gasteiger partial charge in [0.25, 0.3) is 0 Å². The van der Waals surface area contributed by atoms with E-state index >= 15 is 0 Å². The number of aryl methyl sites for hydroxylation is 2. The molecule has 2 amide bonds. The molecule has 2 aromatic heterocycles. The quantitative estimate of drug-likeness (QED) is 0.854. The van der Waals surface area contributed by atoms with Crippen molar-refractivity contribution < 1.29 is 18.4 Å². The van der Waals surface area contributed by atoms with Gasteiger partial charge < -0.3 is 18.6 Å². The van der Waals surface area contributed by atoms with E-state index in [0.29, 0.717) is 31.2 Å². The third kappa shape index (κ3) is 4.13. The number of furan rings is 2. The number of amides is 2. The maximum absolute atomic E-state index is 12.5. The van der Waals surface area contributed by atoms with Crippen LogP contribution in [0.15, 0.2) is 33.1 Å². The van der Waals surface area contributed by atoms with Gasteiger partial charge in [-0.2, -0.15) is 0 Å². The largest absolute Gasteiger partial charge is 0.466 e. The summed E-state index contributed by atoms with van der Waals surface area (Å²) in [6.07, 6.45) is 0.526. The van der Waals surface area contributed by atoms with E-state index in [2.05, 4.69) is 0 Å². The maximum Gasteiger partial charge on any atom is 0.230 e. The Labute approximate surface area is 147 Å². The summed E-state index contributed by atoms with van der Waals surface area (Å²) in [5.41, 5.74) is 0. The molecule has 3 heterocycles. The van der Waals surface area contributed by atoms with Gasteiger partial charge in [0, 0.05) is 25.7 Å². The van der Waals surface area contributed by atoms with Crippen molar-refractivity contribution >= 4 is 11.8 Å². The molecule has 6 nitrogen and oxygen atoms in total. The van der Waals surface area contributed by atoms with Gasteiger partial charge in [0.1, 0.15) is 23.0 Å². The Hall–Kier alpha value is -2.50. The van der Waals surface area contributed by atoms with Crippen LogP contribution in [-0.2, 0) is 22.4 Å². The Bertz CT molecular complexity index is 761. The van der Waals surface area contributed by atoms with Crippen LogP contribution in [0, 0.1) is 13.8 Å². The van der Waals surface area contributed by atoms with Crippen molar-refractivity contribution in [1.29, 1.82) is 0 Å². The monoisotopic (exact) mass is 344 g/mol. The highest BCUT2D eigenvalue weighted by Crippen LogP contribution is 2.16. The highest BCUT2D eigenvalue weighted by atomic mass is 16.3. The Morgan fingerprint density at radius 2 is 1.52 bits per heavy atom. The van der Waals surface area contributed by atoms with Gasteiger partial charge in [-0.25, -0.2) is 0 Å². The van der Waals surface area contributed by atoms with Crippen molar-refractivity contribution in [3.8, 4) is 0 Å². The number of nitrogens with zero attached hydrogens (tertiary/aromatic N) is 2. The summed E-state index contributed by atoms with van der Waals surface area (Å²) in [4.78, 5) is 28.6. The molecule has 0 unspecified atom stereocenters. The first-order chi connectivity index (χ1) is 11.9. The predicted molar refractivity (Wildman–Crippen MR) is 92.1 cm³/mol. The molecule has 0 aromatic carbocycles. The third-order valence-corrected chi connectivity index (χ3v) is 4.54. The molecular weight excluding hydrogens is 320 g/mol. The van der Waals surface area contributed by atoms with Crippen LogP contribution in [0.5, 0.6) is 0 Å². The zero-order valence-electron chi connectivity index (χ0n) is 14.9. The van der Waals surface area contributed by atoms with Crippen LogP contribution in [-0.4, -0.2) is 47.3 Å². The molecule has 1 saturated heterocycles. The summed E-state index contributed by atoms with van der Waals surface area (Å²) in [5.74, 6) is 3.05. The minimum atomic E-state index is -0.0143. The molecule has 0 saturated carbocycles. The first-order valence-electron chi connectivity index (χ1n) is 8.60. The van der Waals surface area contributed by atoms with E-state index in [4.69, 9.17) is 8.83 Å². The lowest BCUT2D eigenvalue weighted by molar-refractivity contribution is -0.142. The van der Waals surface area contributed by atoms with E-state index in [1.165, 1.54) is 0 Å². The van der Waals surface area contributed by atoms with Crippen molar-refractivity contribution in [2.75, 3.05) is 19.6 Å². The lowest BCUT2D eigenvalue weighted by Crippen LogP contribution is -2.56. The van der Waals surface area contributed by atoms with Crippen molar-refractivity contribution in [2.24, 2.45) is 0 Å². The smallest absolute Gasteiger partial charge is 0.230 e. The van der Waals surface area contributed by atoms with E-state index in [-0.39, 0.29) is 30.7 Å². The van der Waals surface area contributed by atoms with Crippen molar-refractivity contribution in [3.63, 3.8) is 0 Å². The van der Waals surface area contributed by atoms with Crippen molar-refractivity contribution in [1.82, 2.24) is 9.80 Å². The summed E-state index contributed by atoms with van der Waals surface area (Å²) in [6, 6.07) is 7.38. The number of hydrogen-bond donors (Lipinski definition) is 0. The molecule has 1 atom stereocenters. The van der Waals surface area contributed by atoms with E-state index in [1.807, 2.05) is 54.8 Å². The van der Waals surface area contributed by atoms with Crippen LogP contribution in [0.2, 0.25) is 0 Å². The molecule has 0 spiro atoms. The van der Waals surface area contributed by atoms with Crippen LogP contribution in [0.3, 0.4) is 0 Å². The number of piperazine rings is 1. The molecule has 134 valence electrons. The van der Waals surface area contributed by atoms with Crippen LogP contribution < -0.4 is 0 Å². The van der Waals surface area contributed by atoms with E-state index in [0.717, 1.165) is 11.5 Å². The predicted octanol–water partition coefficient (Wildman–Crippen LogP) is 2.33. The zero-order valence-corrected chi connectivity index (χ0v) is 14.9. The molecule has 1 aliphatic rings. The molecule has 0 N–H and O–H groups in total. The molecular formula is C19H24N2O4. The molecule has 25 heavy (non-hydrogen) atoms. The lowest BCUT2D eigenvalue weighted by Gasteiger charge is -2.39. The average molecular weight is 344 g/mol. The number of carbonyl (C=O) groups is 2. The van der Waals surface area contributed by atoms with Gasteiger partial charge in [0.2, 0.25) is 11.8 Å². The average Bonchev–Trinajstić information content (AvgIpc) is 3.15. The fourth-order valence-corrected chi connectivity index (χ4v) is 3.23. The summed E-state index contributed by atoms with van der Waals surface area (Å²) in [5, 5.41) is 0. The minimum absolute atomic E-state index is 0.0143. The van der Waals surface area contributed by atoms with Gasteiger partial charge in [0.15, 0.2) is 0 Å². The minimum Gasteiger partial charge on any atom is -0.466 e. The highest BCUT2D eigenvalue weighted by molar-refractivity contribution is 5.80. The van der Waals surface area contributed by atoms with Gasteiger partial charge in [-0.1, -0.05) is 0 Å². The van der Waals surface area contributed by atoms with Gasteiger partial charge in [-0.15, -0.1) is 0 Å². The van der Waals surface area contributed by atoms with E-state index < -0.39 is 0 Å². The van der Waals surface area contributed by atoms with Gasteiger partial charge in [-0.05, 0) is 45.0 Å². The van der Waals surface area contributed by atoms with Crippen molar-refractivity contribution in [3.05, 3.63) is 47.3 Å². The van der Waals surface area contributed by atoms with Crippen LogP contribution >= 0.6 is 0 Å². The Morgan fingerprint density at radius 3 is 2.00 bits per heavy atom. The number of rotatable bonds is 4. The molecule has 6 heteroatoms. The van der Waals surface area contributed by atoms with Crippen LogP contribution in [0.4, 0.5) is 0 Å². The fourth-order valence-electron chi connectivity index (χ4n) is 3.23. The first-order valence-corrected chi connectivity index (χ1v) is 8.60.